The average molecular weight is 420 g/mol. The number of rotatable bonds is 7. The predicted molar refractivity (Wildman–Crippen MR) is 109 cm³/mol. The molecule has 0 unspecified atom stereocenters. The summed E-state index contributed by atoms with van der Waals surface area (Å²) in [5.74, 6) is 1.32. The molecule has 0 atom stereocenters. The zero-order valence-corrected chi connectivity index (χ0v) is 16.7. The second kappa shape index (κ2) is 9.42. The summed E-state index contributed by atoms with van der Waals surface area (Å²) < 4.78 is 39.5. The van der Waals surface area contributed by atoms with Gasteiger partial charge in [-0.1, -0.05) is 12.1 Å². The average Bonchev–Trinajstić information content (AvgIpc) is 3.11. The van der Waals surface area contributed by atoms with Gasteiger partial charge in [0.25, 0.3) is 0 Å². The van der Waals surface area contributed by atoms with E-state index in [-0.39, 0.29) is 0 Å². The maximum absolute atomic E-state index is 12.6. The van der Waals surface area contributed by atoms with Gasteiger partial charge in [-0.3, -0.25) is 9.67 Å². The third-order valence-corrected chi connectivity index (χ3v) is 4.45. The Labute approximate surface area is 171 Å². The Morgan fingerprint density at radius 3 is 2.50 bits per heavy atom. The molecule has 3 aromatic rings. The number of nitrogens with zero attached hydrogens (tertiary/aromatic N) is 5. The molecule has 2 heterocycles. The van der Waals surface area contributed by atoms with Crippen molar-refractivity contribution in [3.05, 3.63) is 47.9 Å². The largest absolute Gasteiger partial charge is 0.416 e. The van der Waals surface area contributed by atoms with Gasteiger partial charge in [-0.25, -0.2) is 9.97 Å². The van der Waals surface area contributed by atoms with Gasteiger partial charge in [0.05, 0.1) is 17.1 Å². The number of halogens is 3. The van der Waals surface area contributed by atoms with Crippen molar-refractivity contribution >= 4 is 22.8 Å². The molecule has 0 saturated heterocycles. The summed E-state index contributed by atoms with van der Waals surface area (Å²) in [6, 6.07) is 5.18. The van der Waals surface area contributed by atoms with Gasteiger partial charge in [-0.15, -0.1) is 0 Å². The number of aliphatic imine (C=N–C) groups is 1. The van der Waals surface area contributed by atoms with Crippen LogP contribution in [0.25, 0.3) is 11.0 Å². The molecule has 0 saturated carbocycles. The maximum Gasteiger partial charge on any atom is 0.416 e. The molecule has 160 valence electrons. The molecular formula is C19H23F3N8. The normalized spacial score (nSPS) is 12.2. The van der Waals surface area contributed by atoms with E-state index in [1.165, 1.54) is 18.5 Å². The minimum Gasteiger partial charge on any atom is -0.368 e. The van der Waals surface area contributed by atoms with E-state index in [4.69, 9.17) is 0 Å². The molecule has 0 amide bonds. The summed E-state index contributed by atoms with van der Waals surface area (Å²) in [5.41, 5.74) is 0.925. The van der Waals surface area contributed by atoms with E-state index in [1.54, 1.807) is 17.9 Å². The molecule has 3 rings (SSSR count). The lowest BCUT2D eigenvalue weighted by Gasteiger charge is -2.13. The minimum atomic E-state index is -4.31. The standard InChI is InChI=1S/C19H23F3N8/c1-23-18(25-8-7-13-3-5-14(6-4-13)19(20,21)22)26-10-9-24-16-15-11-29-30(2)17(15)28-12-27-16/h3-6,11-12H,7-10H2,1-2H3,(H2,23,25,26)(H,24,27,28). The molecule has 0 aliphatic carbocycles. The molecule has 30 heavy (non-hydrogen) atoms. The van der Waals surface area contributed by atoms with Crippen LogP contribution < -0.4 is 16.0 Å². The number of anilines is 1. The van der Waals surface area contributed by atoms with Gasteiger partial charge in [-0.05, 0) is 24.1 Å². The molecule has 3 N–H and O–H groups in total. The molecule has 0 aliphatic heterocycles. The number of hydrogen-bond acceptors (Lipinski definition) is 5. The highest BCUT2D eigenvalue weighted by Gasteiger charge is 2.29. The molecule has 0 spiro atoms. The van der Waals surface area contributed by atoms with Gasteiger partial charge in [0.2, 0.25) is 0 Å². The summed E-state index contributed by atoms with van der Waals surface area (Å²) in [4.78, 5) is 12.6. The Bertz CT molecular complexity index is 995. The fraction of sp³-hybridized carbons (Fsp3) is 0.368. The Balaban J connectivity index is 1.40. The first-order valence-corrected chi connectivity index (χ1v) is 9.35. The van der Waals surface area contributed by atoms with Crippen molar-refractivity contribution in [3.8, 4) is 0 Å². The van der Waals surface area contributed by atoms with Crippen LogP contribution in [-0.2, 0) is 19.6 Å². The molecule has 11 heteroatoms. The summed E-state index contributed by atoms with van der Waals surface area (Å²) in [5, 5.41) is 14.6. The van der Waals surface area contributed by atoms with E-state index >= 15 is 0 Å². The van der Waals surface area contributed by atoms with Crippen LogP contribution in [0.2, 0.25) is 0 Å². The van der Waals surface area contributed by atoms with Crippen LogP contribution in [0.3, 0.4) is 0 Å². The van der Waals surface area contributed by atoms with Crippen molar-refractivity contribution in [2.45, 2.75) is 12.6 Å². The molecule has 0 bridgehead atoms. The van der Waals surface area contributed by atoms with Crippen molar-refractivity contribution in [2.75, 3.05) is 32.0 Å². The molecule has 2 aromatic heterocycles. The first-order valence-electron chi connectivity index (χ1n) is 9.35. The Morgan fingerprint density at radius 2 is 1.80 bits per heavy atom. The maximum atomic E-state index is 12.6. The van der Waals surface area contributed by atoms with Gasteiger partial charge >= 0.3 is 6.18 Å². The third-order valence-electron chi connectivity index (χ3n) is 4.45. The molecule has 0 radical (unpaired) electrons. The summed E-state index contributed by atoms with van der Waals surface area (Å²) in [7, 11) is 3.48. The van der Waals surface area contributed by atoms with Crippen molar-refractivity contribution in [1.29, 1.82) is 0 Å². The zero-order valence-electron chi connectivity index (χ0n) is 16.7. The second-order valence-corrected chi connectivity index (χ2v) is 6.52. The van der Waals surface area contributed by atoms with E-state index in [9.17, 15) is 13.2 Å². The van der Waals surface area contributed by atoms with Crippen LogP contribution in [0.1, 0.15) is 11.1 Å². The number of guanidine groups is 1. The van der Waals surface area contributed by atoms with Crippen LogP contribution in [0, 0.1) is 0 Å². The molecular weight excluding hydrogens is 397 g/mol. The van der Waals surface area contributed by atoms with Crippen molar-refractivity contribution in [3.63, 3.8) is 0 Å². The highest BCUT2D eigenvalue weighted by molar-refractivity contribution is 5.86. The van der Waals surface area contributed by atoms with Gasteiger partial charge in [0.1, 0.15) is 12.1 Å². The topological polar surface area (TPSA) is 92.1 Å². The predicted octanol–water partition coefficient (Wildman–Crippen LogP) is 2.20. The monoisotopic (exact) mass is 420 g/mol. The summed E-state index contributed by atoms with van der Waals surface area (Å²) >= 11 is 0. The van der Waals surface area contributed by atoms with E-state index in [0.717, 1.165) is 28.7 Å². The lowest BCUT2D eigenvalue weighted by atomic mass is 10.1. The molecule has 8 nitrogen and oxygen atoms in total. The first kappa shape index (κ1) is 21.3. The van der Waals surface area contributed by atoms with Crippen LogP contribution in [0.5, 0.6) is 0 Å². The summed E-state index contributed by atoms with van der Waals surface area (Å²) in [6.07, 6.45) is -0.531. The number of aromatic nitrogens is 4. The highest BCUT2D eigenvalue weighted by atomic mass is 19.4. The third kappa shape index (κ3) is 5.37. The van der Waals surface area contributed by atoms with E-state index in [0.29, 0.717) is 37.8 Å². The zero-order chi connectivity index (χ0) is 21.6. The number of fused-ring (bicyclic) bond motifs is 1. The van der Waals surface area contributed by atoms with Crippen molar-refractivity contribution < 1.29 is 13.2 Å². The van der Waals surface area contributed by atoms with Gasteiger partial charge < -0.3 is 16.0 Å². The van der Waals surface area contributed by atoms with Crippen LogP contribution in [-0.4, -0.2) is 52.4 Å². The van der Waals surface area contributed by atoms with Crippen molar-refractivity contribution in [2.24, 2.45) is 12.0 Å². The number of benzene rings is 1. The second-order valence-electron chi connectivity index (χ2n) is 6.52. The fourth-order valence-electron chi connectivity index (χ4n) is 2.87. The lowest BCUT2D eigenvalue weighted by Crippen LogP contribution is -2.40. The van der Waals surface area contributed by atoms with Crippen LogP contribution >= 0.6 is 0 Å². The number of alkyl halides is 3. The molecule has 0 aliphatic rings. The highest BCUT2D eigenvalue weighted by Crippen LogP contribution is 2.29. The Morgan fingerprint density at radius 1 is 1.07 bits per heavy atom. The van der Waals surface area contributed by atoms with Crippen LogP contribution in [0.15, 0.2) is 41.8 Å². The number of hydrogen-bond donors (Lipinski definition) is 3. The summed E-state index contributed by atoms with van der Waals surface area (Å²) in [6.45, 7) is 1.73. The number of aryl methyl sites for hydroxylation is 1. The minimum absolute atomic E-state index is 0.542. The van der Waals surface area contributed by atoms with Gasteiger partial charge in [0, 0.05) is 33.7 Å². The fourth-order valence-corrected chi connectivity index (χ4v) is 2.87. The van der Waals surface area contributed by atoms with Gasteiger partial charge in [-0.2, -0.15) is 18.3 Å². The van der Waals surface area contributed by atoms with Crippen LogP contribution in [0.4, 0.5) is 19.0 Å². The van der Waals surface area contributed by atoms with Crippen molar-refractivity contribution in [1.82, 2.24) is 30.4 Å². The smallest absolute Gasteiger partial charge is 0.368 e. The first-order chi connectivity index (χ1) is 14.4. The van der Waals surface area contributed by atoms with E-state index in [1.807, 2.05) is 7.05 Å². The molecule has 0 fully saturated rings. The number of nitrogens with one attached hydrogen (secondary N) is 3. The van der Waals surface area contributed by atoms with Gasteiger partial charge in [0.15, 0.2) is 11.6 Å². The van der Waals surface area contributed by atoms with E-state index in [2.05, 4.69) is 36.0 Å². The quantitative estimate of drug-likeness (QED) is 0.308. The van der Waals surface area contributed by atoms with E-state index < -0.39 is 11.7 Å². The Hall–Kier alpha value is -3.37. The Kier molecular flexibility index (Phi) is 6.70. The molecule has 1 aromatic carbocycles. The SMILES string of the molecule is CN=C(NCCNc1ncnc2c1cnn2C)NCCc1ccc(C(F)(F)F)cc1. The lowest BCUT2D eigenvalue weighted by molar-refractivity contribution is -0.137.